The first-order chi connectivity index (χ1) is 14.3. The summed E-state index contributed by atoms with van der Waals surface area (Å²) in [5, 5.41) is 3.36. The number of aryl methyl sites for hydroxylation is 1. The summed E-state index contributed by atoms with van der Waals surface area (Å²) >= 11 is 0. The number of hydrogen-bond acceptors (Lipinski definition) is 4. The molecule has 1 unspecified atom stereocenters. The minimum Gasteiger partial charge on any atom is -0.368 e. The molecule has 3 aromatic rings. The lowest BCUT2D eigenvalue weighted by Crippen LogP contribution is -3.09. The first kappa shape index (κ1) is 21.2. The molecule has 0 fully saturated rings. The molecule has 8 heteroatoms. The Labute approximate surface area is 174 Å². The number of anilines is 1. The molecular formula is C22H26N5O3+. The molecule has 156 valence electrons. The topological polar surface area (TPSA) is 112 Å². The summed E-state index contributed by atoms with van der Waals surface area (Å²) in [5.74, 6) is -0.360. The van der Waals surface area contributed by atoms with Gasteiger partial charge in [0.15, 0.2) is 12.4 Å². The summed E-state index contributed by atoms with van der Waals surface area (Å²) in [6, 6.07) is 12.7. The van der Waals surface area contributed by atoms with E-state index < -0.39 is 5.91 Å². The molecule has 0 saturated carbocycles. The van der Waals surface area contributed by atoms with Gasteiger partial charge < -0.3 is 16.0 Å². The van der Waals surface area contributed by atoms with E-state index in [9.17, 15) is 14.4 Å². The minimum atomic E-state index is -0.624. The molecule has 1 aromatic heterocycles. The van der Waals surface area contributed by atoms with Crippen molar-refractivity contribution in [1.29, 1.82) is 0 Å². The minimum absolute atomic E-state index is 0.147. The third-order valence-electron chi connectivity index (χ3n) is 5.06. The summed E-state index contributed by atoms with van der Waals surface area (Å²) < 4.78 is 1.29. The van der Waals surface area contributed by atoms with E-state index in [2.05, 4.69) is 10.3 Å². The van der Waals surface area contributed by atoms with Crippen molar-refractivity contribution in [3.63, 3.8) is 0 Å². The highest BCUT2D eigenvalue weighted by atomic mass is 16.2. The van der Waals surface area contributed by atoms with Gasteiger partial charge in [-0.2, -0.15) is 0 Å². The number of carbonyl (C=O) groups is 2. The molecule has 4 N–H and O–H groups in total. The molecule has 0 aliphatic rings. The van der Waals surface area contributed by atoms with E-state index in [-0.39, 0.29) is 31.1 Å². The summed E-state index contributed by atoms with van der Waals surface area (Å²) in [7, 11) is 1.83. The SMILES string of the molecule is Cc1cccc(NC(=O)C[NH+](C)Cc2nc3ccccc3c(=O)n2CC(N)=O)c1C. The molecule has 8 nitrogen and oxygen atoms in total. The van der Waals surface area contributed by atoms with E-state index >= 15 is 0 Å². The average molecular weight is 408 g/mol. The van der Waals surface area contributed by atoms with Crippen molar-refractivity contribution in [2.75, 3.05) is 18.9 Å². The maximum absolute atomic E-state index is 12.8. The standard InChI is InChI=1S/C22H25N5O3/c1-14-7-6-10-17(15(14)2)25-21(29)13-26(3)12-20-24-18-9-5-4-8-16(18)22(30)27(20)11-19(23)28/h4-10H,11-13H2,1-3H3,(H2,23,28)(H,25,29)/p+1. The number of primary amides is 1. The van der Waals surface area contributed by atoms with Gasteiger partial charge in [-0.15, -0.1) is 0 Å². The van der Waals surface area contributed by atoms with Gasteiger partial charge in [0.2, 0.25) is 5.91 Å². The zero-order valence-corrected chi connectivity index (χ0v) is 17.4. The van der Waals surface area contributed by atoms with Gasteiger partial charge in [0, 0.05) is 5.69 Å². The Kier molecular flexibility index (Phi) is 6.27. The van der Waals surface area contributed by atoms with E-state index in [1.807, 2.05) is 39.1 Å². The molecule has 3 rings (SSSR count). The number of hydrogen-bond donors (Lipinski definition) is 3. The number of nitrogens with one attached hydrogen (secondary N) is 2. The molecular weight excluding hydrogens is 382 g/mol. The predicted octanol–water partition coefficient (Wildman–Crippen LogP) is 0.152. The van der Waals surface area contributed by atoms with Gasteiger partial charge in [-0.1, -0.05) is 24.3 Å². The fourth-order valence-corrected chi connectivity index (χ4v) is 3.36. The zero-order chi connectivity index (χ0) is 21.8. The smallest absolute Gasteiger partial charge is 0.279 e. The second kappa shape index (κ2) is 8.87. The number of nitrogens with zero attached hydrogens (tertiary/aromatic N) is 2. The second-order valence-corrected chi connectivity index (χ2v) is 7.51. The van der Waals surface area contributed by atoms with Crippen molar-refractivity contribution in [3.8, 4) is 0 Å². The highest BCUT2D eigenvalue weighted by Crippen LogP contribution is 2.17. The van der Waals surface area contributed by atoms with Crippen molar-refractivity contribution in [2.24, 2.45) is 5.73 Å². The molecule has 2 aromatic carbocycles. The molecule has 2 amide bonds. The van der Waals surface area contributed by atoms with Crippen molar-refractivity contribution in [3.05, 3.63) is 69.8 Å². The third-order valence-corrected chi connectivity index (χ3v) is 5.06. The van der Waals surface area contributed by atoms with Crippen LogP contribution < -0.4 is 21.5 Å². The van der Waals surface area contributed by atoms with Crippen LogP contribution in [0.15, 0.2) is 47.3 Å². The predicted molar refractivity (Wildman–Crippen MR) is 115 cm³/mol. The van der Waals surface area contributed by atoms with E-state index in [4.69, 9.17) is 5.73 Å². The van der Waals surface area contributed by atoms with Gasteiger partial charge >= 0.3 is 0 Å². The number of rotatable bonds is 7. The maximum atomic E-state index is 12.8. The molecule has 0 aliphatic carbocycles. The third kappa shape index (κ3) is 4.72. The van der Waals surface area contributed by atoms with Gasteiger partial charge in [0.1, 0.15) is 13.1 Å². The van der Waals surface area contributed by atoms with Gasteiger partial charge in [-0.05, 0) is 43.2 Å². The van der Waals surface area contributed by atoms with Crippen LogP contribution in [-0.4, -0.2) is 35.0 Å². The first-order valence-electron chi connectivity index (χ1n) is 9.70. The van der Waals surface area contributed by atoms with E-state index in [0.717, 1.165) is 21.7 Å². The number of para-hydroxylation sites is 1. The quantitative estimate of drug-likeness (QED) is 0.517. The van der Waals surface area contributed by atoms with Crippen molar-refractivity contribution < 1.29 is 14.5 Å². The molecule has 0 bridgehead atoms. The van der Waals surface area contributed by atoms with Crippen LogP contribution in [-0.2, 0) is 22.7 Å². The first-order valence-corrected chi connectivity index (χ1v) is 9.70. The van der Waals surface area contributed by atoms with Crippen molar-refractivity contribution in [2.45, 2.75) is 26.9 Å². The Hall–Kier alpha value is -3.52. The fourth-order valence-electron chi connectivity index (χ4n) is 3.36. The molecule has 0 saturated heterocycles. The van der Waals surface area contributed by atoms with E-state index in [0.29, 0.717) is 16.7 Å². The second-order valence-electron chi connectivity index (χ2n) is 7.51. The lowest BCUT2D eigenvalue weighted by atomic mass is 10.1. The number of likely N-dealkylation sites (N-methyl/N-ethyl adjacent to an activating group) is 1. The number of quaternary nitrogens is 1. The van der Waals surface area contributed by atoms with Gasteiger partial charge in [-0.3, -0.25) is 19.0 Å². The van der Waals surface area contributed by atoms with Crippen LogP contribution in [0.1, 0.15) is 17.0 Å². The Morgan fingerprint density at radius 3 is 2.60 bits per heavy atom. The van der Waals surface area contributed by atoms with Crippen molar-refractivity contribution >= 4 is 28.4 Å². The van der Waals surface area contributed by atoms with Crippen LogP contribution in [0.5, 0.6) is 0 Å². The summed E-state index contributed by atoms with van der Waals surface area (Å²) in [5.41, 5.74) is 8.47. The Morgan fingerprint density at radius 2 is 1.87 bits per heavy atom. The van der Waals surface area contributed by atoms with Crippen LogP contribution in [0.4, 0.5) is 5.69 Å². The Morgan fingerprint density at radius 1 is 1.13 bits per heavy atom. The van der Waals surface area contributed by atoms with E-state index in [1.54, 1.807) is 24.3 Å². The van der Waals surface area contributed by atoms with E-state index in [1.165, 1.54) is 4.57 Å². The van der Waals surface area contributed by atoms with Crippen LogP contribution in [0.25, 0.3) is 10.9 Å². The molecule has 1 atom stereocenters. The summed E-state index contributed by atoms with van der Waals surface area (Å²) in [6.45, 7) is 4.16. The number of benzene rings is 2. The number of amides is 2. The number of fused-ring (bicyclic) bond motifs is 1. The maximum Gasteiger partial charge on any atom is 0.279 e. The monoisotopic (exact) mass is 408 g/mol. The van der Waals surface area contributed by atoms with Crippen LogP contribution >= 0.6 is 0 Å². The van der Waals surface area contributed by atoms with Gasteiger partial charge in [0.25, 0.3) is 11.5 Å². The molecule has 0 aliphatic heterocycles. The van der Waals surface area contributed by atoms with Crippen LogP contribution in [0, 0.1) is 13.8 Å². The lowest BCUT2D eigenvalue weighted by Gasteiger charge is -2.17. The van der Waals surface area contributed by atoms with Crippen LogP contribution in [0.3, 0.4) is 0 Å². The molecule has 0 spiro atoms. The summed E-state index contributed by atoms with van der Waals surface area (Å²) in [6.07, 6.45) is 0. The van der Waals surface area contributed by atoms with Crippen LogP contribution in [0.2, 0.25) is 0 Å². The Bertz CT molecular complexity index is 1170. The van der Waals surface area contributed by atoms with Gasteiger partial charge in [-0.25, -0.2) is 4.98 Å². The van der Waals surface area contributed by atoms with Crippen molar-refractivity contribution in [1.82, 2.24) is 9.55 Å². The zero-order valence-electron chi connectivity index (χ0n) is 17.4. The summed E-state index contributed by atoms with van der Waals surface area (Å²) in [4.78, 5) is 42.2. The number of carbonyl (C=O) groups excluding carboxylic acids is 2. The molecule has 0 radical (unpaired) electrons. The lowest BCUT2D eigenvalue weighted by molar-refractivity contribution is -0.886. The number of nitrogens with two attached hydrogens (primary N) is 1. The fraction of sp³-hybridized carbons (Fsp3) is 0.273. The Balaban J connectivity index is 1.81. The average Bonchev–Trinajstić information content (AvgIpc) is 2.68. The molecule has 1 heterocycles. The largest absolute Gasteiger partial charge is 0.368 e. The number of aromatic nitrogens is 2. The molecule has 30 heavy (non-hydrogen) atoms. The van der Waals surface area contributed by atoms with Gasteiger partial charge in [0.05, 0.1) is 18.0 Å². The normalized spacial score (nSPS) is 12.0. The highest BCUT2D eigenvalue weighted by Gasteiger charge is 2.18. The highest BCUT2D eigenvalue weighted by molar-refractivity contribution is 5.92.